The van der Waals surface area contributed by atoms with Crippen molar-refractivity contribution in [2.45, 2.75) is 51.2 Å². The minimum atomic E-state index is 0.219. The van der Waals surface area contributed by atoms with Gasteiger partial charge in [0.25, 0.3) is 0 Å². The molecule has 0 aromatic heterocycles. The molecule has 0 aliphatic carbocycles. The Labute approximate surface area is 99.0 Å². The van der Waals surface area contributed by atoms with E-state index in [1.165, 1.54) is 13.1 Å². The molecule has 1 heterocycles. The number of nitrogens with two attached hydrogens (primary N) is 1. The maximum Gasteiger partial charge on any atom is 0.0217 e. The van der Waals surface area contributed by atoms with E-state index in [4.69, 9.17) is 5.73 Å². The second-order valence-corrected chi connectivity index (χ2v) is 7.83. The van der Waals surface area contributed by atoms with Gasteiger partial charge in [-0.1, -0.05) is 34.6 Å². The third-order valence-electron chi connectivity index (χ3n) is 3.06. The molecule has 0 amide bonds. The monoisotopic (exact) mass is 230 g/mol. The zero-order chi connectivity index (χ0) is 11.6. The number of hydrogen-bond donors (Lipinski definition) is 1. The molecule has 0 spiro atoms. The zero-order valence-electron chi connectivity index (χ0n) is 10.8. The van der Waals surface area contributed by atoms with Crippen molar-refractivity contribution in [2.24, 2.45) is 11.1 Å². The van der Waals surface area contributed by atoms with E-state index in [1.807, 2.05) is 0 Å². The normalized spacial score (nSPS) is 31.6. The summed E-state index contributed by atoms with van der Waals surface area (Å²) in [4.78, 5) is 2.53. The van der Waals surface area contributed by atoms with Gasteiger partial charge in [0.15, 0.2) is 0 Å². The second kappa shape index (κ2) is 5.07. The summed E-state index contributed by atoms with van der Waals surface area (Å²) in [6.45, 7) is 14.7. The van der Waals surface area contributed by atoms with Gasteiger partial charge in [0.05, 0.1) is 0 Å². The number of rotatable bonds is 2. The van der Waals surface area contributed by atoms with Crippen molar-refractivity contribution in [3.05, 3.63) is 0 Å². The SMILES string of the molecule is CC1CN(CC(N)C(C)(C)C)CC(C)S1. The second-order valence-electron chi connectivity index (χ2n) is 5.95. The molecule has 3 unspecified atom stereocenters. The van der Waals surface area contributed by atoms with E-state index in [2.05, 4.69) is 51.3 Å². The molecule has 1 rings (SSSR count). The standard InChI is InChI=1S/C12H26N2S/c1-9-6-14(7-10(2)15-9)8-11(13)12(3,4)5/h9-11H,6-8,13H2,1-5H3. The summed E-state index contributed by atoms with van der Waals surface area (Å²) < 4.78 is 0. The first-order valence-corrected chi connectivity index (χ1v) is 6.86. The average molecular weight is 230 g/mol. The third-order valence-corrected chi connectivity index (χ3v) is 4.29. The zero-order valence-corrected chi connectivity index (χ0v) is 11.6. The van der Waals surface area contributed by atoms with E-state index in [9.17, 15) is 0 Å². The molecule has 0 aromatic carbocycles. The maximum absolute atomic E-state index is 6.22. The van der Waals surface area contributed by atoms with Crippen molar-refractivity contribution in [3.8, 4) is 0 Å². The fourth-order valence-corrected chi connectivity index (χ4v) is 3.37. The Morgan fingerprint density at radius 1 is 1.27 bits per heavy atom. The van der Waals surface area contributed by atoms with E-state index < -0.39 is 0 Å². The molecular formula is C12H26N2S. The molecule has 2 nitrogen and oxygen atoms in total. The third kappa shape index (κ3) is 4.33. The lowest BCUT2D eigenvalue weighted by atomic mass is 9.87. The van der Waals surface area contributed by atoms with Crippen LogP contribution in [0.2, 0.25) is 0 Å². The van der Waals surface area contributed by atoms with Crippen LogP contribution in [0.25, 0.3) is 0 Å². The minimum Gasteiger partial charge on any atom is -0.326 e. The molecule has 0 aromatic rings. The molecule has 1 saturated heterocycles. The van der Waals surface area contributed by atoms with Gasteiger partial charge >= 0.3 is 0 Å². The van der Waals surface area contributed by atoms with E-state index in [1.54, 1.807) is 0 Å². The fourth-order valence-electron chi connectivity index (χ4n) is 1.99. The summed E-state index contributed by atoms with van der Waals surface area (Å²) in [6.07, 6.45) is 0. The smallest absolute Gasteiger partial charge is 0.0217 e. The topological polar surface area (TPSA) is 29.3 Å². The first kappa shape index (κ1) is 13.3. The molecule has 0 bridgehead atoms. The molecule has 2 N–H and O–H groups in total. The summed E-state index contributed by atoms with van der Waals surface area (Å²) in [5, 5.41) is 1.50. The average Bonchev–Trinajstić information content (AvgIpc) is 1.99. The predicted octanol–water partition coefficient (Wildman–Crippen LogP) is 2.19. The van der Waals surface area contributed by atoms with Gasteiger partial charge in [-0.3, -0.25) is 4.90 Å². The lowest BCUT2D eigenvalue weighted by molar-refractivity contribution is 0.197. The highest BCUT2D eigenvalue weighted by Crippen LogP contribution is 2.26. The van der Waals surface area contributed by atoms with Crippen LogP contribution in [0.5, 0.6) is 0 Å². The summed E-state index contributed by atoms with van der Waals surface area (Å²) in [6, 6.07) is 0.278. The molecule has 0 radical (unpaired) electrons. The molecule has 90 valence electrons. The first-order chi connectivity index (χ1) is 6.79. The van der Waals surface area contributed by atoms with Crippen LogP contribution >= 0.6 is 11.8 Å². The van der Waals surface area contributed by atoms with Crippen LogP contribution in [0, 0.1) is 5.41 Å². The molecule has 3 atom stereocenters. The molecule has 1 aliphatic rings. The van der Waals surface area contributed by atoms with Crippen LogP contribution < -0.4 is 5.73 Å². The maximum atomic E-state index is 6.22. The van der Waals surface area contributed by atoms with Crippen LogP contribution in [0.3, 0.4) is 0 Å². The molecule has 1 aliphatic heterocycles. The number of nitrogens with zero attached hydrogens (tertiary/aromatic N) is 1. The van der Waals surface area contributed by atoms with Crippen LogP contribution in [0.1, 0.15) is 34.6 Å². The van der Waals surface area contributed by atoms with Crippen LogP contribution in [-0.2, 0) is 0 Å². The molecule has 1 fully saturated rings. The Morgan fingerprint density at radius 2 is 1.73 bits per heavy atom. The van der Waals surface area contributed by atoms with Crippen LogP contribution in [0.4, 0.5) is 0 Å². The summed E-state index contributed by atoms with van der Waals surface area (Å²) >= 11 is 2.10. The summed E-state index contributed by atoms with van der Waals surface area (Å²) in [7, 11) is 0. The van der Waals surface area contributed by atoms with E-state index in [-0.39, 0.29) is 11.5 Å². The number of thioether (sulfide) groups is 1. The molecule has 15 heavy (non-hydrogen) atoms. The van der Waals surface area contributed by atoms with Crippen molar-refractivity contribution in [2.75, 3.05) is 19.6 Å². The van der Waals surface area contributed by atoms with E-state index in [0.717, 1.165) is 17.0 Å². The molecule has 3 heteroatoms. The van der Waals surface area contributed by atoms with Crippen LogP contribution in [-0.4, -0.2) is 41.1 Å². The minimum absolute atomic E-state index is 0.219. The Morgan fingerprint density at radius 3 is 2.13 bits per heavy atom. The number of hydrogen-bond acceptors (Lipinski definition) is 3. The summed E-state index contributed by atoms with van der Waals surface area (Å²) in [5.41, 5.74) is 6.44. The van der Waals surface area contributed by atoms with Crippen molar-refractivity contribution >= 4 is 11.8 Å². The largest absolute Gasteiger partial charge is 0.326 e. The van der Waals surface area contributed by atoms with E-state index >= 15 is 0 Å². The first-order valence-electron chi connectivity index (χ1n) is 5.92. The highest BCUT2D eigenvalue weighted by molar-refractivity contribution is 8.00. The molecule has 0 saturated carbocycles. The van der Waals surface area contributed by atoms with Gasteiger partial charge in [0, 0.05) is 36.2 Å². The van der Waals surface area contributed by atoms with Gasteiger partial charge in [-0.25, -0.2) is 0 Å². The molecular weight excluding hydrogens is 204 g/mol. The Hall–Kier alpha value is 0.270. The van der Waals surface area contributed by atoms with E-state index in [0.29, 0.717) is 0 Å². The highest BCUT2D eigenvalue weighted by atomic mass is 32.2. The fraction of sp³-hybridized carbons (Fsp3) is 1.00. The highest BCUT2D eigenvalue weighted by Gasteiger charge is 2.27. The Kier molecular flexibility index (Phi) is 4.50. The van der Waals surface area contributed by atoms with Crippen molar-refractivity contribution in [1.82, 2.24) is 4.90 Å². The van der Waals surface area contributed by atoms with Crippen molar-refractivity contribution in [1.29, 1.82) is 0 Å². The Bertz CT molecular complexity index is 190. The van der Waals surface area contributed by atoms with Gasteiger partial charge < -0.3 is 5.73 Å². The summed E-state index contributed by atoms with van der Waals surface area (Å²) in [5.74, 6) is 0. The van der Waals surface area contributed by atoms with Crippen LogP contribution in [0.15, 0.2) is 0 Å². The van der Waals surface area contributed by atoms with Gasteiger partial charge in [-0.15, -0.1) is 0 Å². The van der Waals surface area contributed by atoms with Crippen molar-refractivity contribution < 1.29 is 0 Å². The van der Waals surface area contributed by atoms with Gasteiger partial charge in [-0.05, 0) is 5.41 Å². The van der Waals surface area contributed by atoms with Gasteiger partial charge in [-0.2, -0.15) is 11.8 Å². The van der Waals surface area contributed by atoms with Gasteiger partial charge in [0.1, 0.15) is 0 Å². The lowest BCUT2D eigenvalue weighted by Crippen LogP contribution is -2.50. The lowest BCUT2D eigenvalue weighted by Gasteiger charge is -2.38. The predicted molar refractivity (Wildman–Crippen MR) is 70.4 cm³/mol. The van der Waals surface area contributed by atoms with Gasteiger partial charge in [0.2, 0.25) is 0 Å². The quantitative estimate of drug-likeness (QED) is 0.788. The Balaban J connectivity index is 2.44. The van der Waals surface area contributed by atoms with Crippen molar-refractivity contribution in [3.63, 3.8) is 0 Å².